The van der Waals surface area contributed by atoms with Gasteiger partial charge >= 0.3 is 0 Å². The fraction of sp³-hybridized carbons (Fsp3) is 0.769. The first-order chi connectivity index (χ1) is 10.3. The van der Waals surface area contributed by atoms with Gasteiger partial charge in [-0.3, -0.25) is 4.90 Å². The lowest BCUT2D eigenvalue weighted by molar-refractivity contribution is -0.315. The van der Waals surface area contributed by atoms with Crippen molar-refractivity contribution in [3.63, 3.8) is 0 Å². The van der Waals surface area contributed by atoms with E-state index in [4.69, 9.17) is 5.11 Å². The summed E-state index contributed by atoms with van der Waals surface area (Å²) in [5.74, 6) is -4.17. The molecule has 0 saturated carbocycles. The van der Waals surface area contributed by atoms with E-state index in [0.29, 0.717) is 19.4 Å². The highest BCUT2D eigenvalue weighted by molar-refractivity contribution is 5.72. The van der Waals surface area contributed by atoms with Gasteiger partial charge in [0.2, 0.25) is 0 Å². The molecule has 1 aliphatic heterocycles. The fourth-order valence-corrected chi connectivity index (χ4v) is 2.47. The van der Waals surface area contributed by atoms with Crippen LogP contribution in [0.15, 0.2) is 0 Å². The van der Waals surface area contributed by atoms with Crippen molar-refractivity contribution in [1.82, 2.24) is 10.2 Å². The molecule has 9 heteroatoms. The van der Waals surface area contributed by atoms with Crippen molar-refractivity contribution in [3.05, 3.63) is 0 Å². The highest BCUT2D eigenvalue weighted by atomic mass is 16.4. The molecule has 1 heterocycles. The van der Waals surface area contributed by atoms with E-state index in [0.717, 1.165) is 0 Å². The summed E-state index contributed by atoms with van der Waals surface area (Å²) in [4.78, 5) is 33.9. The zero-order chi connectivity index (χ0) is 16.7. The van der Waals surface area contributed by atoms with Gasteiger partial charge in [0, 0.05) is 18.6 Å². The molecule has 0 amide bonds. The molecule has 1 saturated heterocycles. The number of nitrogens with zero attached hydrogens (tertiary/aromatic N) is 1. The van der Waals surface area contributed by atoms with Crippen molar-refractivity contribution < 1.29 is 34.8 Å². The Kier molecular flexibility index (Phi) is 7.22. The number of aliphatic carboxylic acids is 3. The van der Waals surface area contributed by atoms with Crippen molar-refractivity contribution in [3.8, 4) is 0 Å². The average Bonchev–Trinajstić information content (AvgIpc) is 2.90. The van der Waals surface area contributed by atoms with Crippen molar-refractivity contribution >= 4 is 17.9 Å². The molecule has 0 aromatic rings. The minimum Gasteiger partial charge on any atom is -0.548 e. The lowest BCUT2D eigenvalue weighted by Crippen LogP contribution is -2.50. The quantitative estimate of drug-likeness (QED) is 0.402. The molecule has 0 spiro atoms. The number of carboxylic acids is 3. The maximum Gasteiger partial charge on any atom is 0.0945 e. The molecule has 22 heavy (non-hydrogen) atoms. The van der Waals surface area contributed by atoms with Gasteiger partial charge < -0.3 is 40.1 Å². The van der Waals surface area contributed by atoms with Crippen LogP contribution in [0.2, 0.25) is 0 Å². The lowest BCUT2D eigenvalue weighted by Gasteiger charge is -2.28. The van der Waals surface area contributed by atoms with Crippen molar-refractivity contribution in [2.24, 2.45) is 0 Å². The van der Waals surface area contributed by atoms with E-state index in [9.17, 15) is 29.7 Å². The van der Waals surface area contributed by atoms with E-state index in [1.165, 1.54) is 0 Å². The Bertz CT molecular complexity index is 415. The molecule has 0 aromatic carbocycles. The normalized spacial score (nSPS) is 21.4. The van der Waals surface area contributed by atoms with Gasteiger partial charge in [0.1, 0.15) is 0 Å². The third-order valence-corrected chi connectivity index (χ3v) is 3.71. The second-order valence-corrected chi connectivity index (χ2v) is 5.25. The van der Waals surface area contributed by atoms with Gasteiger partial charge in [-0.15, -0.1) is 0 Å². The summed E-state index contributed by atoms with van der Waals surface area (Å²) < 4.78 is 0. The third-order valence-electron chi connectivity index (χ3n) is 3.71. The van der Waals surface area contributed by atoms with Gasteiger partial charge in [0.05, 0.1) is 24.0 Å². The summed E-state index contributed by atoms with van der Waals surface area (Å²) in [6.07, 6.45) is -0.579. The van der Waals surface area contributed by atoms with Crippen molar-refractivity contribution in [2.75, 3.05) is 19.6 Å². The topological polar surface area (TPSA) is 156 Å². The Hall–Kier alpha value is -1.71. The number of hydrogen-bond donors (Lipinski definition) is 2. The molecule has 0 aliphatic carbocycles. The number of carboxylic acid groups (broad SMARTS) is 3. The summed E-state index contributed by atoms with van der Waals surface area (Å²) in [5.41, 5.74) is 0. The summed E-state index contributed by atoms with van der Waals surface area (Å²) >= 11 is 0. The monoisotopic (exact) mass is 315 g/mol. The maximum atomic E-state index is 11.0. The van der Waals surface area contributed by atoms with E-state index >= 15 is 0 Å². The largest absolute Gasteiger partial charge is 0.548 e. The van der Waals surface area contributed by atoms with Gasteiger partial charge in [-0.2, -0.15) is 0 Å². The molecule has 3 atom stereocenters. The minimum atomic E-state index is -1.67. The van der Waals surface area contributed by atoms with Gasteiger partial charge in [0.25, 0.3) is 0 Å². The number of aliphatic hydroxyl groups excluding tert-OH is 1. The van der Waals surface area contributed by atoms with Crippen LogP contribution in [0.3, 0.4) is 0 Å². The second kappa shape index (κ2) is 8.66. The van der Waals surface area contributed by atoms with Gasteiger partial charge in [-0.25, -0.2) is 0 Å². The summed E-state index contributed by atoms with van der Waals surface area (Å²) in [5, 5.41) is 43.9. The van der Waals surface area contributed by atoms with Crippen LogP contribution in [0.1, 0.15) is 25.7 Å². The summed E-state index contributed by atoms with van der Waals surface area (Å²) in [6, 6.07) is -1.76. The van der Waals surface area contributed by atoms with Crippen molar-refractivity contribution in [2.45, 2.75) is 43.9 Å². The molecule has 0 radical (unpaired) electrons. The predicted molar refractivity (Wildman–Crippen MR) is 66.6 cm³/mol. The molecular formula is C13H19N2O7-3. The Morgan fingerprint density at radius 2 is 1.86 bits per heavy atom. The average molecular weight is 315 g/mol. The maximum absolute atomic E-state index is 11.0. The standard InChI is InChI=1S/C13H22N2O7/c16-10(13(21)22)3-5-14-8(11(17)18)4-7-15-6-1-2-9(15)12(19)20/h8-10,14,16H,1-7H2,(H,17,18)(H,19,20)(H,21,22)/p-3. The first-order valence-corrected chi connectivity index (χ1v) is 7.11. The van der Waals surface area contributed by atoms with E-state index in [1.54, 1.807) is 4.90 Å². The van der Waals surface area contributed by atoms with Crippen LogP contribution in [0.25, 0.3) is 0 Å². The number of hydrogen-bond acceptors (Lipinski definition) is 9. The van der Waals surface area contributed by atoms with E-state index in [2.05, 4.69) is 5.32 Å². The molecule has 3 unspecified atom stereocenters. The Balaban J connectivity index is 2.39. The number of carbonyl (C=O) groups is 3. The zero-order valence-corrected chi connectivity index (χ0v) is 12.0. The minimum absolute atomic E-state index is 0.0439. The van der Waals surface area contributed by atoms with Crippen molar-refractivity contribution in [1.29, 1.82) is 0 Å². The van der Waals surface area contributed by atoms with Gasteiger partial charge in [-0.1, -0.05) is 0 Å². The molecule has 1 fully saturated rings. The Labute approximate surface area is 127 Å². The SMILES string of the molecule is O=C([O-])C(O)CCNC(CCN1CCCC1C(=O)[O-])C(=O)[O-]. The van der Waals surface area contributed by atoms with E-state index in [-0.39, 0.29) is 25.9 Å². The fourth-order valence-electron chi connectivity index (χ4n) is 2.47. The lowest BCUT2D eigenvalue weighted by atomic mass is 10.1. The number of aliphatic hydroxyl groups is 1. The van der Waals surface area contributed by atoms with Crippen LogP contribution in [0.4, 0.5) is 0 Å². The van der Waals surface area contributed by atoms with Crippen LogP contribution in [0, 0.1) is 0 Å². The molecule has 1 aliphatic rings. The second-order valence-electron chi connectivity index (χ2n) is 5.25. The Morgan fingerprint density at radius 1 is 1.18 bits per heavy atom. The summed E-state index contributed by atoms with van der Waals surface area (Å²) in [7, 11) is 0. The molecule has 1 rings (SSSR count). The molecule has 9 nitrogen and oxygen atoms in total. The molecule has 2 N–H and O–H groups in total. The van der Waals surface area contributed by atoms with Crippen LogP contribution in [-0.2, 0) is 14.4 Å². The smallest absolute Gasteiger partial charge is 0.0945 e. The first-order valence-electron chi connectivity index (χ1n) is 7.11. The number of rotatable bonds is 10. The number of nitrogens with one attached hydrogen (secondary N) is 1. The van der Waals surface area contributed by atoms with Crippen LogP contribution >= 0.6 is 0 Å². The highest BCUT2D eigenvalue weighted by Gasteiger charge is 2.25. The molecule has 0 aromatic heterocycles. The van der Waals surface area contributed by atoms with E-state index in [1.807, 2.05) is 0 Å². The van der Waals surface area contributed by atoms with Crippen LogP contribution in [0.5, 0.6) is 0 Å². The molecular weight excluding hydrogens is 296 g/mol. The van der Waals surface area contributed by atoms with Gasteiger partial charge in [-0.05, 0) is 38.8 Å². The number of carbonyl (C=O) groups excluding carboxylic acids is 3. The molecule has 126 valence electrons. The summed E-state index contributed by atoms with van der Waals surface area (Å²) in [6.45, 7) is 0.757. The Morgan fingerprint density at radius 3 is 2.41 bits per heavy atom. The highest BCUT2D eigenvalue weighted by Crippen LogP contribution is 2.17. The predicted octanol–water partition coefficient (Wildman–Crippen LogP) is -5.20. The third kappa shape index (κ3) is 5.58. The van der Waals surface area contributed by atoms with E-state index < -0.39 is 36.1 Å². The van der Waals surface area contributed by atoms with Gasteiger partial charge in [0.15, 0.2) is 0 Å². The molecule has 0 bridgehead atoms. The zero-order valence-electron chi connectivity index (χ0n) is 12.0. The number of likely N-dealkylation sites (tertiary alicyclic amines) is 1. The van der Waals surface area contributed by atoms with Crippen LogP contribution < -0.4 is 20.6 Å². The van der Waals surface area contributed by atoms with Crippen LogP contribution in [-0.4, -0.2) is 65.7 Å². The first kappa shape index (κ1) is 18.3.